The normalized spacial score (nSPS) is 15.2. The van der Waals surface area contributed by atoms with E-state index >= 15 is 0 Å². The van der Waals surface area contributed by atoms with Crippen LogP contribution in [-0.4, -0.2) is 67.9 Å². The van der Waals surface area contributed by atoms with Gasteiger partial charge in [0, 0.05) is 32.4 Å². The van der Waals surface area contributed by atoms with Crippen molar-refractivity contribution in [3.05, 3.63) is 23.9 Å². The van der Waals surface area contributed by atoms with Gasteiger partial charge in [0.25, 0.3) is 0 Å². The van der Waals surface area contributed by atoms with Gasteiger partial charge in [0.2, 0.25) is 5.88 Å². The first-order valence-corrected chi connectivity index (χ1v) is 9.39. The molecule has 8 nitrogen and oxygen atoms in total. The number of likely N-dealkylation sites (tertiary alicyclic amines) is 1. The largest absolute Gasteiger partial charge is 0.475 e. The van der Waals surface area contributed by atoms with Crippen molar-refractivity contribution in [1.29, 1.82) is 0 Å². The topological polar surface area (TPSA) is 88.1 Å². The molecule has 1 saturated heterocycles. The van der Waals surface area contributed by atoms with Crippen LogP contribution in [0.15, 0.2) is 23.3 Å². The Hall–Kier alpha value is -1.99. The number of alkyl halides is 3. The number of nitrogens with one attached hydrogen (secondary N) is 2. The van der Waals surface area contributed by atoms with Gasteiger partial charge < -0.3 is 25.0 Å². The second-order valence-corrected chi connectivity index (χ2v) is 6.31. The second kappa shape index (κ2) is 12.6. The molecule has 0 saturated carbocycles. The van der Waals surface area contributed by atoms with Gasteiger partial charge in [-0.25, -0.2) is 9.78 Å². The SMILES string of the molecule is CCOC(=O)N1CCC(NC(=NC)NCCOc2ncccc2C(F)(F)F)CC1.I. The number of hydrogen-bond acceptors (Lipinski definition) is 5. The molecule has 1 aliphatic heterocycles. The molecule has 2 rings (SSSR count). The Kier molecular flexibility index (Phi) is 11.0. The average molecular weight is 545 g/mol. The first-order chi connectivity index (χ1) is 13.8. The van der Waals surface area contributed by atoms with Crippen LogP contribution >= 0.6 is 24.0 Å². The van der Waals surface area contributed by atoms with Gasteiger partial charge in [0.15, 0.2) is 5.96 Å². The number of rotatable bonds is 6. The van der Waals surface area contributed by atoms with Crippen LogP contribution in [0.5, 0.6) is 5.88 Å². The van der Waals surface area contributed by atoms with E-state index in [0.717, 1.165) is 18.9 Å². The van der Waals surface area contributed by atoms with Crippen molar-refractivity contribution in [1.82, 2.24) is 20.5 Å². The Morgan fingerprint density at radius 2 is 2.07 bits per heavy atom. The lowest BCUT2D eigenvalue weighted by Crippen LogP contribution is -2.50. The van der Waals surface area contributed by atoms with Crippen LogP contribution in [0.2, 0.25) is 0 Å². The second-order valence-electron chi connectivity index (χ2n) is 6.31. The van der Waals surface area contributed by atoms with E-state index in [1.165, 1.54) is 12.3 Å². The summed E-state index contributed by atoms with van der Waals surface area (Å²) in [5.41, 5.74) is -0.907. The summed E-state index contributed by atoms with van der Waals surface area (Å²) in [5.74, 6) is 0.0661. The minimum atomic E-state index is -4.52. The maximum atomic E-state index is 12.9. The van der Waals surface area contributed by atoms with Gasteiger partial charge in [0.1, 0.15) is 12.2 Å². The molecule has 170 valence electrons. The molecular formula is C18H27F3IN5O3. The number of guanidine groups is 1. The fourth-order valence-electron chi connectivity index (χ4n) is 2.85. The fourth-order valence-corrected chi connectivity index (χ4v) is 2.85. The van der Waals surface area contributed by atoms with Crippen LogP contribution in [0, 0.1) is 0 Å². The molecule has 0 radical (unpaired) electrons. The summed E-state index contributed by atoms with van der Waals surface area (Å²) < 4.78 is 48.9. The van der Waals surface area contributed by atoms with Crippen molar-refractivity contribution < 1.29 is 27.4 Å². The molecule has 0 aromatic carbocycles. The van der Waals surface area contributed by atoms with Gasteiger partial charge in [0.05, 0.1) is 13.2 Å². The lowest BCUT2D eigenvalue weighted by Gasteiger charge is -2.32. The highest BCUT2D eigenvalue weighted by Crippen LogP contribution is 2.34. The van der Waals surface area contributed by atoms with Crippen LogP contribution < -0.4 is 15.4 Å². The molecule has 1 fully saturated rings. The summed E-state index contributed by atoms with van der Waals surface area (Å²) in [6.07, 6.45) is -2.11. The number of aliphatic imine (C=N–C) groups is 1. The Morgan fingerprint density at radius 3 is 2.67 bits per heavy atom. The van der Waals surface area contributed by atoms with Gasteiger partial charge in [-0.2, -0.15) is 13.2 Å². The number of ether oxygens (including phenoxy) is 2. The average Bonchev–Trinajstić information content (AvgIpc) is 2.70. The number of hydrogen-bond donors (Lipinski definition) is 2. The Labute approximate surface area is 190 Å². The Bertz CT molecular complexity index is 698. The number of aromatic nitrogens is 1. The van der Waals surface area contributed by atoms with E-state index < -0.39 is 17.6 Å². The zero-order valence-corrected chi connectivity index (χ0v) is 19.2. The van der Waals surface area contributed by atoms with E-state index in [-0.39, 0.29) is 49.3 Å². The zero-order chi connectivity index (χ0) is 21.3. The number of piperidine rings is 1. The number of halogens is 4. The number of pyridine rings is 1. The molecular weight excluding hydrogens is 518 g/mol. The van der Waals surface area contributed by atoms with Gasteiger partial charge >= 0.3 is 12.3 Å². The summed E-state index contributed by atoms with van der Waals surface area (Å²) in [4.78, 5) is 21.1. The first kappa shape index (κ1) is 26.0. The molecule has 0 unspecified atom stereocenters. The minimum absolute atomic E-state index is 0. The molecule has 1 aromatic rings. The number of carbonyl (C=O) groups excluding carboxylic acids is 1. The van der Waals surface area contributed by atoms with E-state index in [2.05, 4.69) is 20.6 Å². The summed E-state index contributed by atoms with van der Waals surface area (Å²) in [7, 11) is 1.60. The summed E-state index contributed by atoms with van der Waals surface area (Å²) in [6.45, 7) is 3.51. The Morgan fingerprint density at radius 1 is 1.37 bits per heavy atom. The van der Waals surface area contributed by atoms with E-state index in [9.17, 15) is 18.0 Å². The number of amides is 1. The van der Waals surface area contributed by atoms with Crippen molar-refractivity contribution in [2.45, 2.75) is 32.0 Å². The fraction of sp³-hybridized carbons (Fsp3) is 0.611. The van der Waals surface area contributed by atoms with E-state index in [1.807, 2.05) is 0 Å². The highest BCUT2D eigenvalue weighted by atomic mass is 127. The molecule has 0 aliphatic carbocycles. The standard InChI is InChI=1S/C18H26F3N5O3.HI/c1-3-28-17(27)26-10-6-13(7-11-26)25-16(22-2)24-9-12-29-15-14(18(19,20)21)5-4-8-23-15;/h4-5,8,13H,3,6-7,9-12H2,1-2H3,(H2,22,24,25);1H. The third-order valence-corrected chi connectivity index (χ3v) is 4.30. The molecule has 1 aliphatic rings. The maximum absolute atomic E-state index is 12.9. The predicted molar refractivity (Wildman–Crippen MR) is 116 cm³/mol. The summed E-state index contributed by atoms with van der Waals surface area (Å²) in [5, 5.41) is 6.24. The molecule has 2 heterocycles. The van der Waals surface area contributed by atoms with Crippen LogP contribution in [0.25, 0.3) is 0 Å². The van der Waals surface area contributed by atoms with Crippen LogP contribution in [0.4, 0.5) is 18.0 Å². The van der Waals surface area contributed by atoms with E-state index in [4.69, 9.17) is 9.47 Å². The molecule has 0 bridgehead atoms. The molecule has 12 heteroatoms. The van der Waals surface area contributed by atoms with Gasteiger partial charge in [-0.05, 0) is 31.9 Å². The lowest BCUT2D eigenvalue weighted by atomic mass is 10.1. The van der Waals surface area contributed by atoms with Gasteiger partial charge in [-0.3, -0.25) is 4.99 Å². The lowest BCUT2D eigenvalue weighted by molar-refractivity contribution is -0.139. The van der Waals surface area contributed by atoms with Crippen LogP contribution in [0.1, 0.15) is 25.3 Å². The van der Waals surface area contributed by atoms with Crippen molar-refractivity contribution in [3.8, 4) is 5.88 Å². The molecule has 1 aromatic heterocycles. The van der Waals surface area contributed by atoms with Crippen molar-refractivity contribution in [3.63, 3.8) is 0 Å². The van der Waals surface area contributed by atoms with E-state index in [0.29, 0.717) is 25.7 Å². The maximum Gasteiger partial charge on any atom is 0.421 e. The number of nitrogens with zero attached hydrogens (tertiary/aromatic N) is 3. The van der Waals surface area contributed by atoms with Crippen molar-refractivity contribution in [2.75, 3.05) is 39.9 Å². The Balaban J connectivity index is 0.00000450. The zero-order valence-electron chi connectivity index (χ0n) is 16.9. The van der Waals surface area contributed by atoms with Gasteiger partial charge in [-0.1, -0.05) is 0 Å². The number of carbonyl (C=O) groups is 1. The predicted octanol–water partition coefficient (Wildman–Crippen LogP) is 2.88. The molecule has 0 atom stereocenters. The van der Waals surface area contributed by atoms with Gasteiger partial charge in [-0.15, -0.1) is 24.0 Å². The molecule has 30 heavy (non-hydrogen) atoms. The smallest absolute Gasteiger partial charge is 0.421 e. The summed E-state index contributed by atoms with van der Waals surface area (Å²) in [6, 6.07) is 2.27. The van der Waals surface area contributed by atoms with Crippen molar-refractivity contribution in [2.24, 2.45) is 4.99 Å². The molecule has 2 N–H and O–H groups in total. The third kappa shape index (κ3) is 8.03. The van der Waals surface area contributed by atoms with Crippen LogP contribution in [-0.2, 0) is 10.9 Å². The monoisotopic (exact) mass is 545 g/mol. The quantitative estimate of drug-likeness (QED) is 0.248. The molecule has 1 amide bonds. The van der Waals surface area contributed by atoms with E-state index in [1.54, 1.807) is 18.9 Å². The molecule has 0 spiro atoms. The van der Waals surface area contributed by atoms with Crippen molar-refractivity contribution >= 4 is 36.0 Å². The minimum Gasteiger partial charge on any atom is -0.475 e. The summed E-state index contributed by atoms with van der Waals surface area (Å²) >= 11 is 0. The highest BCUT2D eigenvalue weighted by Gasteiger charge is 2.35. The first-order valence-electron chi connectivity index (χ1n) is 9.39. The highest BCUT2D eigenvalue weighted by molar-refractivity contribution is 14.0. The third-order valence-electron chi connectivity index (χ3n) is 4.30. The van der Waals surface area contributed by atoms with Crippen LogP contribution in [0.3, 0.4) is 0 Å².